The summed E-state index contributed by atoms with van der Waals surface area (Å²) in [5.41, 5.74) is -5.17. The topological polar surface area (TPSA) is 26.3 Å². The van der Waals surface area contributed by atoms with Crippen molar-refractivity contribution in [3.63, 3.8) is 0 Å². The summed E-state index contributed by atoms with van der Waals surface area (Å²) in [6, 6.07) is 0. The van der Waals surface area contributed by atoms with Gasteiger partial charge in [0, 0.05) is 5.41 Å². The molecular weight excluding hydrogens is 463 g/mol. The van der Waals surface area contributed by atoms with Crippen LogP contribution in [-0.2, 0) is 9.53 Å². The van der Waals surface area contributed by atoms with Gasteiger partial charge in [0.05, 0.1) is 12.5 Å². The molecule has 26 heavy (non-hydrogen) atoms. The first-order valence-electron chi connectivity index (χ1n) is 8.83. The Hall–Kier alpha value is -0.0800. The molecule has 1 saturated heterocycles. The van der Waals surface area contributed by atoms with E-state index in [9.17, 15) is 18.0 Å². The van der Waals surface area contributed by atoms with E-state index in [0.29, 0.717) is 19.4 Å². The van der Waals surface area contributed by atoms with Gasteiger partial charge in [-0.05, 0) is 60.1 Å². The summed E-state index contributed by atoms with van der Waals surface area (Å²) in [5, 5.41) is 0. The van der Waals surface area contributed by atoms with Crippen molar-refractivity contribution in [1.29, 1.82) is 0 Å². The largest absolute Gasteiger partial charge is 0.465 e. The zero-order chi connectivity index (χ0) is 21.0. The van der Waals surface area contributed by atoms with E-state index in [-0.39, 0.29) is 11.9 Å². The monoisotopic (exact) mass is 494 g/mol. The molecule has 0 amide bonds. The lowest BCUT2D eigenvalue weighted by atomic mass is 9.54. The Balaban J connectivity index is 3.25. The molecule has 7 heteroatoms. The van der Waals surface area contributed by atoms with Gasteiger partial charge in [0.25, 0.3) is 0 Å². The van der Waals surface area contributed by atoms with Crippen LogP contribution in [0.3, 0.4) is 0 Å². The van der Waals surface area contributed by atoms with Crippen molar-refractivity contribution in [2.75, 3.05) is 6.61 Å². The smallest absolute Gasteiger partial charge is 0.397 e. The van der Waals surface area contributed by atoms with Gasteiger partial charge < -0.3 is 4.74 Å². The lowest BCUT2D eigenvalue weighted by molar-refractivity contribution is -0.257. The fraction of sp³-hybridized carbons (Fsp3) is 0.947. The molecular formula is C19H31F4IO2. The van der Waals surface area contributed by atoms with Crippen molar-refractivity contribution < 1.29 is 27.1 Å². The quantitative estimate of drug-likeness (QED) is 0.178. The van der Waals surface area contributed by atoms with Crippen LogP contribution in [0.15, 0.2) is 0 Å². The number of cyclic esters (lactones) is 1. The van der Waals surface area contributed by atoms with E-state index in [0.717, 1.165) is 13.8 Å². The molecule has 0 aromatic heterocycles. The third-order valence-electron chi connectivity index (χ3n) is 6.75. The van der Waals surface area contributed by atoms with Gasteiger partial charge in [-0.3, -0.25) is 4.79 Å². The Kier molecular flexibility index (Phi) is 6.23. The van der Waals surface area contributed by atoms with Crippen molar-refractivity contribution in [2.45, 2.75) is 78.1 Å². The zero-order valence-corrected chi connectivity index (χ0v) is 19.1. The number of hydrogen-bond acceptors (Lipinski definition) is 2. The van der Waals surface area contributed by atoms with E-state index in [1.54, 1.807) is 27.7 Å². The molecule has 0 spiro atoms. The van der Waals surface area contributed by atoms with Crippen molar-refractivity contribution in [1.82, 2.24) is 0 Å². The van der Waals surface area contributed by atoms with Crippen LogP contribution < -0.4 is 0 Å². The molecule has 1 heterocycles. The van der Waals surface area contributed by atoms with Gasteiger partial charge in [0.2, 0.25) is 0 Å². The average Bonchev–Trinajstić information content (AvgIpc) is 2.82. The van der Waals surface area contributed by atoms with Crippen molar-refractivity contribution >= 4 is 28.6 Å². The predicted octanol–water partition coefficient (Wildman–Crippen LogP) is 6.71. The highest BCUT2D eigenvalue weighted by Crippen LogP contribution is 2.65. The summed E-state index contributed by atoms with van der Waals surface area (Å²) in [7, 11) is 0. The number of alkyl halides is 5. The zero-order valence-electron chi connectivity index (χ0n) is 16.9. The molecule has 0 saturated carbocycles. The van der Waals surface area contributed by atoms with E-state index in [4.69, 9.17) is 4.74 Å². The molecule has 0 aromatic rings. The third-order valence-corrected chi connectivity index (χ3v) is 9.44. The van der Waals surface area contributed by atoms with Crippen LogP contribution in [0.4, 0.5) is 17.6 Å². The van der Waals surface area contributed by atoms with E-state index in [1.807, 2.05) is 13.8 Å². The molecule has 2 atom stereocenters. The van der Waals surface area contributed by atoms with E-state index in [1.165, 1.54) is 22.6 Å². The molecule has 2 unspecified atom stereocenters. The number of hydrogen-bond donors (Lipinski definition) is 0. The normalized spacial score (nSPS) is 23.0. The van der Waals surface area contributed by atoms with Crippen molar-refractivity contribution in [3.05, 3.63) is 0 Å². The third kappa shape index (κ3) is 3.75. The van der Waals surface area contributed by atoms with Gasteiger partial charge in [-0.2, -0.15) is 13.2 Å². The Morgan fingerprint density at radius 1 is 0.962 bits per heavy atom. The van der Waals surface area contributed by atoms with Gasteiger partial charge in [-0.15, -0.1) is 0 Å². The SMILES string of the molecule is CC(C)(CC(C)(C)C(C)(C)C(F)(I)C(C)(C)C(F)(F)F)C1CCOC1=O. The minimum absolute atomic E-state index is 0.278. The lowest BCUT2D eigenvalue weighted by Gasteiger charge is -2.56. The number of rotatable bonds is 6. The molecule has 0 radical (unpaired) electrons. The highest BCUT2D eigenvalue weighted by Gasteiger charge is 2.69. The Morgan fingerprint density at radius 3 is 1.77 bits per heavy atom. The van der Waals surface area contributed by atoms with Crippen LogP contribution in [0.1, 0.15) is 68.2 Å². The predicted molar refractivity (Wildman–Crippen MR) is 103 cm³/mol. The second-order valence-electron chi connectivity index (χ2n) is 9.88. The minimum Gasteiger partial charge on any atom is -0.465 e. The first-order chi connectivity index (χ1) is 11.2. The molecule has 0 bridgehead atoms. The fourth-order valence-corrected chi connectivity index (χ4v) is 5.11. The van der Waals surface area contributed by atoms with Crippen molar-refractivity contribution in [3.8, 4) is 0 Å². The standard InChI is InChI=1S/C19H31F4IO2/c1-14(2,12-9-10-26-13(12)25)11-15(3,4)16(5,6)18(20,24)17(7,8)19(21,22)23/h12H,9-11H2,1-8H3. The maximum absolute atomic E-state index is 15.8. The summed E-state index contributed by atoms with van der Waals surface area (Å²) in [6.07, 6.45) is -3.70. The Bertz CT molecular complexity index is 548. The first-order valence-corrected chi connectivity index (χ1v) is 9.91. The van der Waals surface area contributed by atoms with Gasteiger partial charge in [0.1, 0.15) is 5.41 Å². The first kappa shape index (κ1) is 24.0. The number of esters is 1. The van der Waals surface area contributed by atoms with Crippen LogP contribution in [-0.4, -0.2) is 22.4 Å². The van der Waals surface area contributed by atoms with Gasteiger partial charge >= 0.3 is 12.1 Å². The lowest BCUT2D eigenvalue weighted by Crippen LogP contribution is -2.59. The van der Waals surface area contributed by atoms with Gasteiger partial charge in [0.15, 0.2) is 3.68 Å². The molecule has 1 aliphatic rings. The molecule has 154 valence electrons. The molecule has 1 fully saturated rings. The van der Waals surface area contributed by atoms with Crippen LogP contribution in [0.2, 0.25) is 0 Å². The summed E-state index contributed by atoms with van der Waals surface area (Å²) in [6.45, 7) is 12.7. The fourth-order valence-electron chi connectivity index (χ4n) is 4.07. The van der Waals surface area contributed by atoms with Gasteiger partial charge in [-0.25, -0.2) is 4.39 Å². The molecule has 1 rings (SSSR count). The summed E-state index contributed by atoms with van der Waals surface area (Å²) >= 11 is 1.34. The summed E-state index contributed by atoms with van der Waals surface area (Å²) in [5.74, 6) is -0.600. The average molecular weight is 494 g/mol. The summed E-state index contributed by atoms with van der Waals surface area (Å²) < 4.78 is 59.1. The second kappa shape index (κ2) is 6.76. The maximum Gasteiger partial charge on any atom is 0.397 e. The number of carbonyl (C=O) groups is 1. The second-order valence-corrected chi connectivity index (χ2v) is 11.4. The highest BCUT2D eigenvalue weighted by molar-refractivity contribution is 14.1. The highest BCUT2D eigenvalue weighted by atomic mass is 127. The van der Waals surface area contributed by atoms with Crippen LogP contribution >= 0.6 is 22.6 Å². The molecule has 0 aliphatic carbocycles. The molecule has 1 aliphatic heterocycles. The Morgan fingerprint density at radius 2 is 1.42 bits per heavy atom. The van der Waals surface area contributed by atoms with E-state index >= 15 is 4.39 Å². The van der Waals surface area contributed by atoms with E-state index < -0.39 is 31.5 Å². The van der Waals surface area contributed by atoms with Crippen LogP contribution in [0.5, 0.6) is 0 Å². The number of carbonyl (C=O) groups excluding carboxylic acids is 1. The minimum atomic E-state index is -4.68. The van der Waals surface area contributed by atoms with E-state index in [2.05, 4.69) is 0 Å². The summed E-state index contributed by atoms with van der Waals surface area (Å²) in [4.78, 5) is 12.0. The Labute approximate surface area is 168 Å². The molecule has 0 N–H and O–H groups in total. The molecule has 2 nitrogen and oxygen atoms in total. The van der Waals surface area contributed by atoms with Crippen LogP contribution in [0.25, 0.3) is 0 Å². The van der Waals surface area contributed by atoms with Gasteiger partial charge in [-0.1, -0.05) is 41.5 Å². The number of ether oxygens (including phenoxy) is 1. The van der Waals surface area contributed by atoms with Crippen molar-refractivity contribution in [2.24, 2.45) is 27.6 Å². The molecule has 0 aromatic carbocycles. The maximum atomic E-state index is 15.8. The number of halogens is 5. The van der Waals surface area contributed by atoms with Crippen LogP contribution in [0, 0.1) is 27.6 Å².